The number of carboxylic acid groups (broad SMARTS) is 2. The zero-order valence-corrected chi connectivity index (χ0v) is 6.48. The standard InChI is InChI=1S/C5H2F6O4/c6-4(7,8)3(1(12)13,2(14)15)5(9,10)11/h(H,12,13)(H,14,15). The average molecular weight is 240 g/mol. The average Bonchev–Trinajstić information content (AvgIpc) is 1.75. The van der Waals surface area contributed by atoms with Gasteiger partial charge in [0.05, 0.1) is 0 Å². The Labute approximate surface area is 77.1 Å². The smallest absolute Gasteiger partial charge is 0.424 e. The molecule has 0 rings (SSSR count). The second kappa shape index (κ2) is 3.28. The van der Waals surface area contributed by atoms with Gasteiger partial charge >= 0.3 is 29.7 Å². The Bertz CT molecular complexity index is 259. The third-order valence-electron chi connectivity index (χ3n) is 1.49. The first-order chi connectivity index (χ1) is 6.39. The van der Waals surface area contributed by atoms with Crippen LogP contribution in [0.4, 0.5) is 26.3 Å². The molecule has 0 bridgehead atoms. The van der Waals surface area contributed by atoms with Crippen LogP contribution in [0.25, 0.3) is 0 Å². The van der Waals surface area contributed by atoms with Gasteiger partial charge in [0.15, 0.2) is 0 Å². The molecular weight excluding hydrogens is 238 g/mol. The zero-order chi connectivity index (χ0) is 12.7. The summed E-state index contributed by atoms with van der Waals surface area (Å²) in [4.78, 5) is 19.9. The van der Waals surface area contributed by atoms with Gasteiger partial charge in [-0.05, 0) is 0 Å². The number of alkyl halides is 6. The fourth-order valence-corrected chi connectivity index (χ4v) is 0.737. The van der Waals surface area contributed by atoms with Gasteiger partial charge in [0.1, 0.15) is 0 Å². The van der Waals surface area contributed by atoms with Crippen molar-refractivity contribution in [1.82, 2.24) is 0 Å². The summed E-state index contributed by atoms with van der Waals surface area (Å²) >= 11 is 0. The van der Waals surface area contributed by atoms with Gasteiger partial charge in [-0.15, -0.1) is 0 Å². The molecule has 0 aromatic heterocycles. The lowest BCUT2D eigenvalue weighted by atomic mass is 9.86. The van der Waals surface area contributed by atoms with Gasteiger partial charge in [0.25, 0.3) is 0 Å². The van der Waals surface area contributed by atoms with E-state index in [-0.39, 0.29) is 0 Å². The fourth-order valence-electron chi connectivity index (χ4n) is 0.737. The van der Waals surface area contributed by atoms with Crippen molar-refractivity contribution in [1.29, 1.82) is 0 Å². The molecule has 88 valence electrons. The largest absolute Gasteiger partial charge is 0.480 e. The summed E-state index contributed by atoms with van der Waals surface area (Å²) in [5.74, 6) is -7.06. The van der Waals surface area contributed by atoms with E-state index in [0.717, 1.165) is 0 Å². The topological polar surface area (TPSA) is 74.6 Å². The van der Waals surface area contributed by atoms with E-state index in [1.165, 1.54) is 0 Å². The van der Waals surface area contributed by atoms with Crippen LogP contribution in [0.5, 0.6) is 0 Å². The lowest BCUT2D eigenvalue weighted by Crippen LogP contribution is -2.60. The zero-order valence-electron chi connectivity index (χ0n) is 6.48. The number of halogens is 6. The minimum absolute atomic E-state index is 3.53. The molecule has 0 spiro atoms. The van der Waals surface area contributed by atoms with E-state index in [9.17, 15) is 35.9 Å². The number of aliphatic carboxylic acids is 2. The SMILES string of the molecule is O=C(O)C(C(=O)O)(C(F)(F)F)C(F)(F)F. The quantitative estimate of drug-likeness (QED) is 0.563. The molecule has 0 aliphatic carbocycles. The van der Waals surface area contributed by atoms with Crippen molar-refractivity contribution in [3.63, 3.8) is 0 Å². The molecule has 0 saturated carbocycles. The van der Waals surface area contributed by atoms with Gasteiger partial charge in [-0.3, -0.25) is 9.59 Å². The molecule has 4 nitrogen and oxygen atoms in total. The van der Waals surface area contributed by atoms with Crippen molar-refractivity contribution in [2.75, 3.05) is 0 Å². The second-order valence-corrected chi connectivity index (χ2v) is 2.36. The number of carboxylic acids is 2. The minimum atomic E-state index is -6.48. The highest BCUT2D eigenvalue weighted by molar-refractivity contribution is 6.00. The van der Waals surface area contributed by atoms with Gasteiger partial charge in [-0.2, -0.15) is 26.3 Å². The maximum atomic E-state index is 11.9. The van der Waals surface area contributed by atoms with E-state index in [2.05, 4.69) is 0 Å². The van der Waals surface area contributed by atoms with E-state index in [0.29, 0.717) is 0 Å². The summed E-state index contributed by atoms with van der Waals surface area (Å²) in [6.45, 7) is 0. The van der Waals surface area contributed by atoms with Crippen molar-refractivity contribution >= 4 is 11.9 Å². The summed E-state index contributed by atoms with van der Waals surface area (Å²) in [6.07, 6.45) is -13.0. The molecule has 0 amide bonds. The lowest BCUT2D eigenvalue weighted by molar-refractivity contribution is -0.322. The molecule has 0 atom stereocenters. The van der Waals surface area contributed by atoms with Crippen LogP contribution in [0.2, 0.25) is 0 Å². The van der Waals surface area contributed by atoms with E-state index in [1.807, 2.05) is 0 Å². The second-order valence-electron chi connectivity index (χ2n) is 2.36. The molecule has 0 unspecified atom stereocenters. The first-order valence-electron chi connectivity index (χ1n) is 2.99. The van der Waals surface area contributed by atoms with Crippen LogP contribution in [0.1, 0.15) is 0 Å². The van der Waals surface area contributed by atoms with E-state index >= 15 is 0 Å². The number of rotatable bonds is 2. The van der Waals surface area contributed by atoms with Crippen molar-refractivity contribution in [2.24, 2.45) is 5.41 Å². The summed E-state index contributed by atoms with van der Waals surface area (Å²) in [5.41, 5.74) is -5.79. The molecule has 0 aliphatic rings. The van der Waals surface area contributed by atoms with Crippen LogP contribution in [0.3, 0.4) is 0 Å². The molecule has 0 heterocycles. The van der Waals surface area contributed by atoms with E-state index in [4.69, 9.17) is 10.2 Å². The highest BCUT2D eigenvalue weighted by Crippen LogP contribution is 2.50. The monoisotopic (exact) mass is 240 g/mol. The predicted molar refractivity (Wildman–Crippen MR) is 29.8 cm³/mol. The van der Waals surface area contributed by atoms with Crippen LogP contribution >= 0.6 is 0 Å². The van der Waals surface area contributed by atoms with Gasteiger partial charge in [-0.25, -0.2) is 0 Å². The molecule has 0 saturated heterocycles. The minimum Gasteiger partial charge on any atom is -0.480 e. The molecule has 2 N–H and O–H groups in total. The third-order valence-corrected chi connectivity index (χ3v) is 1.49. The Morgan fingerprint density at radius 2 is 0.933 bits per heavy atom. The molecule has 0 aromatic carbocycles. The Morgan fingerprint density at radius 1 is 0.733 bits per heavy atom. The first-order valence-corrected chi connectivity index (χ1v) is 2.99. The molecule has 10 heteroatoms. The summed E-state index contributed by atoms with van der Waals surface area (Å²) in [6, 6.07) is 0. The van der Waals surface area contributed by atoms with Gasteiger partial charge < -0.3 is 10.2 Å². The number of hydrogen-bond acceptors (Lipinski definition) is 2. The Kier molecular flexibility index (Phi) is 2.95. The van der Waals surface area contributed by atoms with Crippen LogP contribution in [-0.4, -0.2) is 34.5 Å². The molecule has 0 aliphatic heterocycles. The maximum absolute atomic E-state index is 11.9. The summed E-state index contributed by atoms with van der Waals surface area (Å²) in [5, 5.41) is 15.7. The molecule has 0 radical (unpaired) electrons. The summed E-state index contributed by atoms with van der Waals surface area (Å²) < 4.78 is 71.3. The number of hydrogen-bond donors (Lipinski definition) is 2. The van der Waals surface area contributed by atoms with Crippen molar-refractivity contribution in [2.45, 2.75) is 12.4 Å². The molecular formula is C5H2F6O4. The van der Waals surface area contributed by atoms with Crippen LogP contribution in [0, 0.1) is 5.41 Å². The maximum Gasteiger partial charge on any atom is 0.424 e. The summed E-state index contributed by atoms with van der Waals surface area (Å²) in [7, 11) is 0. The highest BCUT2D eigenvalue weighted by Gasteiger charge is 2.81. The van der Waals surface area contributed by atoms with E-state index in [1.54, 1.807) is 0 Å². The predicted octanol–water partition coefficient (Wildman–Crippen LogP) is 1.27. The van der Waals surface area contributed by atoms with Gasteiger partial charge in [-0.1, -0.05) is 0 Å². The van der Waals surface area contributed by atoms with Crippen molar-refractivity contribution < 1.29 is 46.1 Å². The van der Waals surface area contributed by atoms with Gasteiger partial charge in [0.2, 0.25) is 0 Å². The van der Waals surface area contributed by atoms with Crippen LogP contribution in [-0.2, 0) is 9.59 Å². The van der Waals surface area contributed by atoms with Crippen molar-refractivity contribution in [3.05, 3.63) is 0 Å². The fraction of sp³-hybridized carbons (Fsp3) is 0.600. The Morgan fingerprint density at radius 3 is 0.933 bits per heavy atom. The first kappa shape index (κ1) is 13.5. The third kappa shape index (κ3) is 1.70. The van der Waals surface area contributed by atoms with Crippen LogP contribution < -0.4 is 0 Å². The molecule has 0 fully saturated rings. The van der Waals surface area contributed by atoms with Crippen LogP contribution in [0.15, 0.2) is 0 Å². The van der Waals surface area contributed by atoms with Gasteiger partial charge in [0, 0.05) is 0 Å². The number of carbonyl (C=O) groups is 2. The molecule has 15 heavy (non-hydrogen) atoms. The molecule has 0 aromatic rings. The van der Waals surface area contributed by atoms with E-state index < -0.39 is 29.7 Å². The Hall–Kier alpha value is -1.48. The lowest BCUT2D eigenvalue weighted by Gasteiger charge is -2.28. The van der Waals surface area contributed by atoms with Crippen molar-refractivity contribution in [3.8, 4) is 0 Å². The Balaban J connectivity index is 5.97. The normalized spacial score (nSPS) is 13.7. The highest BCUT2D eigenvalue weighted by atomic mass is 19.4.